The maximum absolute atomic E-state index is 13.7. The van der Waals surface area contributed by atoms with E-state index in [-0.39, 0.29) is 16.9 Å². The molecular weight excluding hydrogens is 586 g/mol. The lowest BCUT2D eigenvalue weighted by Gasteiger charge is -2.16. The molecule has 0 heterocycles. The largest absolute Gasteiger partial charge is 0.497 e. The van der Waals surface area contributed by atoms with Crippen LogP contribution in [0.5, 0.6) is 11.5 Å². The number of carbonyl (C=O) groups excluding carboxylic acids is 3. The Morgan fingerprint density at radius 2 is 1.56 bits per heavy atom. The van der Waals surface area contributed by atoms with Crippen LogP contribution in [0.4, 0.5) is 11.4 Å². The number of aryl methyl sites for hydroxylation is 2. The summed E-state index contributed by atoms with van der Waals surface area (Å²) in [6.07, 6.45) is 2.15. The molecule has 3 amide bonds. The highest BCUT2D eigenvalue weighted by Crippen LogP contribution is 2.30. The molecule has 0 spiro atoms. The molecule has 4 aromatic carbocycles. The van der Waals surface area contributed by atoms with Gasteiger partial charge >= 0.3 is 0 Å². The van der Waals surface area contributed by atoms with Crippen molar-refractivity contribution < 1.29 is 23.9 Å². The van der Waals surface area contributed by atoms with Crippen molar-refractivity contribution in [2.24, 2.45) is 0 Å². The molecule has 0 aliphatic rings. The molecule has 0 aromatic heterocycles. The number of thioether (sulfide) groups is 1. The van der Waals surface area contributed by atoms with Gasteiger partial charge in [-0.1, -0.05) is 37.3 Å². The predicted molar refractivity (Wildman–Crippen MR) is 181 cm³/mol. The third-order valence-electron chi connectivity index (χ3n) is 7.07. The van der Waals surface area contributed by atoms with Gasteiger partial charge in [0.2, 0.25) is 5.91 Å². The number of hydrogen-bond donors (Lipinski definition) is 3. The number of benzene rings is 4. The Kier molecular flexibility index (Phi) is 11.4. The van der Waals surface area contributed by atoms with Gasteiger partial charge in [0.15, 0.2) is 0 Å². The second kappa shape index (κ2) is 15.6. The van der Waals surface area contributed by atoms with Crippen LogP contribution in [0.25, 0.3) is 6.08 Å². The molecule has 4 rings (SSSR count). The van der Waals surface area contributed by atoms with Gasteiger partial charge in [-0.25, -0.2) is 0 Å². The summed E-state index contributed by atoms with van der Waals surface area (Å²) in [6, 6.07) is 26.9. The molecule has 0 fully saturated rings. The molecule has 4 aromatic rings. The number of hydrogen-bond acceptors (Lipinski definition) is 6. The van der Waals surface area contributed by atoms with Gasteiger partial charge in [0.05, 0.1) is 19.5 Å². The second-order valence-electron chi connectivity index (χ2n) is 10.3. The van der Waals surface area contributed by atoms with Gasteiger partial charge in [0.1, 0.15) is 17.2 Å². The maximum atomic E-state index is 13.7. The number of ether oxygens (including phenoxy) is 2. The highest BCUT2D eigenvalue weighted by atomic mass is 32.2. The topological polar surface area (TPSA) is 106 Å². The summed E-state index contributed by atoms with van der Waals surface area (Å²) in [6.45, 7) is 6.00. The quantitative estimate of drug-likeness (QED) is 0.114. The summed E-state index contributed by atoms with van der Waals surface area (Å²) in [5.74, 6) is -0.0121. The third-order valence-corrected chi connectivity index (χ3v) is 8.43. The number of methoxy groups -OCH3 is 2. The van der Waals surface area contributed by atoms with Crippen LogP contribution in [0.2, 0.25) is 0 Å². The fourth-order valence-electron chi connectivity index (χ4n) is 4.42. The smallest absolute Gasteiger partial charge is 0.272 e. The SMILES string of the molecule is CCC(Sc1cccc(NC(=O)/C(=C\c2cc(OC)ccc2OC)NC(=O)c2ccccc2)c1)C(=O)Nc1ccc(C)c(C)c1. The number of anilines is 2. The van der Waals surface area contributed by atoms with Crippen LogP contribution in [0.15, 0.2) is 102 Å². The number of amides is 3. The molecule has 0 aliphatic carbocycles. The van der Waals surface area contributed by atoms with Crippen LogP contribution >= 0.6 is 11.8 Å². The van der Waals surface area contributed by atoms with Gasteiger partial charge in [-0.05, 0) is 98.1 Å². The molecular formula is C36H37N3O5S. The van der Waals surface area contributed by atoms with Gasteiger partial charge in [-0.15, -0.1) is 11.8 Å². The van der Waals surface area contributed by atoms with Crippen LogP contribution in [0, 0.1) is 13.8 Å². The molecule has 0 saturated heterocycles. The molecule has 3 N–H and O–H groups in total. The Morgan fingerprint density at radius 1 is 0.800 bits per heavy atom. The fraction of sp³-hybridized carbons (Fsp3) is 0.194. The minimum Gasteiger partial charge on any atom is -0.497 e. The van der Waals surface area contributed by atoms with Crippen LogP contribution in [-0.4, -0.2) is 37.2 Å². The summed E-state index contributed by atoms with van der Waals surface area (Å²) in [7, 11) is 3.07. The Bertz CT molecular complexity index is 1700. The van der Waals surface area contributed by atoms with E-state index < -0.39 is 11.8 Å². The van der Waals surface area contributed by atoms with Gasteiger partial charge in [-0.3, -0.25) is 14.4 Å². The molecule has 0 aliphatic heterocycles. The van der Waals surface area contributed by atoms with E-state index in [1.54, 1.807) is 67.8 Å². The van der Waals surface area contributed by atoms with Gasteiger partial charge in [-0.2, -0.15) is 0 Å². The van der Waals surface area contributed by atoms with E-state index >= 15 is 0 Å². The van der Waals surface area contributed by atoms with Crippen LogP contribution in [-0.2, 0) is 9.59 Å². The summed E-state index contributed by atoms with van der Waals surface area (Å²) >= 11 is 1.41. The molecule has 1 atom stereocenters. The highest BCUT2D eigenvalue weighted by molar-refractivity contribution is 8.00. The zero-order valence-electron chi connectivity index (χ0n) is 26.0. The average molecular weight is 624 g/mol. The first-order chi connectivity index (χ1) is 21.7. The Hall–Kier alpha value is -5.02. The van der Waals surface area contributed by atoms with Crippen molar-refractivity contribution >= 4 is 46.9 Å². The number of nitrogens with one attached hydrogen (secondary N) is 3. The first kappa shape index (κ1) is 32.9. The van der Waals surface area contributed by atoms with Crippen molar-refractivity contribution in [1.29, 1.82) is 0 Å². The van der Waals surface area contributed by atoms with Gasteiger partial charge < -0.3 is 25.4 Å². The Morgan fingerprint density at radius 3 is 2.24 bits per heavy atom. The molecule has 9 heteroatoms. The maximum Gasteiger partial charge on any atom is 0.272 e. The predicted octanol–water partition coefficient (Wildman–Crippen LogP) is 7.24. The third kappa shape index (κ3) is 9.00. The fourth-order valence-corrected chi connectivity index (χ4v) is 5.44. The van der Waals surface area contributed by atoms with Crippen molar-refractivity contribution in [3.05, 3.63) is 119 Å². The first-order valence-electron chi connectivity index (χ1n) is 14.5. The normalized spacial score (nSPS) is 11.7. The van der Waals surface area contributed by atoms with Crippen molar-refractivity contribution in [2.75, 3.05) is 24.9 Å². The second-order valence-corrected chi connectivity index (χ2v) is 11.5. The monoisotopic (exact) mass is 623 g/mol. The lowest BCUT2D eigenvalue weighted by Crippen LogP contribution is -2.30. The lowest BCUT2D eigenvalue weighted by atomic mass is 10.1. The van der Waals surface area contributed by atoms with Crippen LogP contribution in [0.1, 0.15) is 40.4 Å². The molecule has 0 radical (unpaired) electrons. The van der Waals surface area contributed by atoms with Crippen molar-refractivity contribution in [1.82, 2.24) is 5.32 Å². The number of rotatable bonds is 12. The molecule has 232 valence electrons. The minimum atomic E-state index is -0.536. The van der Waals surface area contributed by atoms with Crippen LogP contribution < -0.4 is 25.4 Å². The number of carbonyl (C=O) groups is 3. The van der Waals surface area contributed by atoms with E-state index in [9.17, 15) is 14.4 Å². The van der Waals surface area contributed by atoms with E-state index in [0.29, 0.717) is 34.7 Å². The highest BCUT2D eigenvalue weighted by Gasteiger charge is 2.20. The van der Waals surface area contributed by atoms with Crippen molar-refractivity contribution in [3.8, 4) is 11.5 Å². The molecule has 1 unspecified atom stereocenters. The van der Waals surface area contributed by atoms with E-state index in [4.69, 9.17) is 9.47 Å². The molecule has 0 bridgehead atoms. The van der Waals surface area contributed by atoms with Crippen LogP contribution in [0.3, 0.4) is 0 Å². The first-order valence-corrected chi connectivity index (χ1v) is 15.3. The minimum absolute atomic E-state index is 0.00710. The summed E-state index contributed by atoms with van der Waals surface area (Å²) < 4.78 is 10.8. The van der Waals surface area contributed by atoms with Crippen molar-refractivity contribution in [3.63, 3.8) is 0 Å². The average Bonchev–Trinajstić information content (AvgIpc) is 3.05. The van der Waals surface area contributed by atoms with E-state index in [1.807, 2.05) is 57.2 Å². The standard InChI is InChI=1S/C36H37N3O5S/c1-6-33(36(42)38-28-16-15-23(2)24(3)19-28)45-30-14-10-13-27(22-30)37-35(41)31(39-34(40)25-11-8-7-9-12-25)21-26-20-29(43-4)17-18-32(26)44-5/h7-22,33H,6H2,1-5H3,(H,37,41)(H,38,42)(H,39,40)/b31-21+. The van der Waals surface area contributed by atoms with E-state index in [0.717, 1.165) is 21.7 Å². The van der Waals surface area contributed by atoms with Gasteiger partial charge in [0, 0.05) is 27.4 Å². The van der Waals surface area contributed by atoms with E-state index in [1.165, 1.54) is 18.9 Å². The molecule has 45 heavy (non-hydrogen) atoms. The summed E-state index contributed by atoms with van der Waals surface area (Å²) in [4.78, 5) is 40.7. The zero-order valence-corrected chi connectivity index (χ0v) is 26.8. The lowest BCUT2D eigenvalue weighted by molar-refractivity contribution is -0.116. The summed E-state index contributed by atoms with van der Waals surface area (Å²) in [5, 5.41) is 8.31. The van der Waals surface area contributed by atoms with Crippen molar-refractivity contribution in [2.45, 2.75) is 37.3 Å². The molecule has 0 saturated carbocycles. The Labute approximate surface area is 268 Å². The Balaban J connectivity index is 1.55. The zero-order chi connectivity index (χ0) is 32.3. The summed E-state index contributed by atoms with van der Waals surface area (Å²) in [5.41, 5.74) is 4.48. The van der Waals surface area contributed by atoms with E-state index in [2.05, 4.69) is 16.0 Å². The molecule has 8 nitrogen and oxygen atoms in total. The van der Waals surface area contributed by atoms with Gasteiger partial charge in [0.25, 0.3) is 11.8 Å².